The highest BCUT2D eigenvalue weighted by Crippen LogP contribution is 2.26. The van der Waals surface area contributed by atoms with Gasteiger partial charge in [-0.05, 0) is 24.3 Å². The fraction of sp³-hybridized carbons (Fsp3) is 0.143. The molecule has 2 rings (SSSR count). The van der Waals surface area contributed by atoms with Crippen LogP contribution in [0, 0.1) is 11.3 Å². The molecule has 0 radical (unpaired) electrons. The van der Waals surface area contributed by atoms with Gasteiger partial charge >= 0.3 is 0 Å². The van der Waals surface area contributed by atoms with Crippen molar-refractivity contribution < 1.29 is 4.74 Å². The second-order valence-corrected chi connectivity index (χ2v) is 3.98. The number of rotatable bonds is 3. The summed E-state index contributed by atoms with van der Waals surface area (Å²) >= 11 is 0. The second-order valence-electron chi connectivity index (χ2n) is 3.98. The third-order valence-corrected chi connectivity index (χ3v) is 2.80. The predicted molar refractivity (Wildman–Crippen MR) is 74.4 cm³/mol. The Balaban J connectivity index is 2.38. The number of nitrogen functional groups attached to an aromatic ring is 1. The zero-order chi connectivity index (χ0) is 13.8. The van der Waals surface area contributed by atoms with Crippen LogP contribution in [-0.4, -0.2) is 19.1 Å². The summed E-state index contributed by atoms with van der Waals surface area (Å²) in [5, 5.41) is 8.95. The lowest BCUT2D eigenvalue weighted by molar-refractivity contribution is 0.415. The van der Waals surface area contributed by atoms with Gasteiger partial charge in [0.25, 0.3) is 0 Å². The van der Waals surface area contributed by atoms with E-state index in [2.05, 4.69) is 4.98 Å². The minimum Gasteiger partial charge on any atom is -0.497 e. The SMILES string of the molecule is COc1cccc(N(C)c2ccc(N)c(C#N)n2)c1. The highest BCUT2D eigenvalue weighted by molar-refractivity contribution is 5.64. The van der Waals surface area contributed by atoms with Gasteiger partial charge in [0.15, 0.2) is 5.69 Å². The summed E-state index contributed by atoms with van der Waals surface area (Å²) < 4.78 is 5.19. The molecule has 0 bridgehead atoms. The van der Waals surface area contributed by atoms with Crippen molar-refractivity contribution in [2.24, 2.45) is 0 Å². The lowest BCUT2D eigenvalue weighted by Gasteiger charge is -2.19. The number of methoxy groups -OCH3 is 1. The molecule has 0 spiro atoms. The lowest BCUT2D eigenvalue weighted by atomic mass is 10.2. The largest absolute Gasteiger partial charge is 0.497 e. The molecular formula is C14H14N4O. The maximum absolute atomic E-state index is 8.95. The maximum atomic E-state index is 8.95. The Morgan fingerprint density at radius 1 is 1.32 bits per heavy atom. The number of hydrogen-bond donors (Lipinski definition) is 1. The van der Waals surface area contributed by atoms with Crippen LogP contribution in [0.3, 0.4) is 0 Å². The summed E-state index contributed by atoms with van der Waals surface area (Å²) in [6, 6.07) is 13.0. The first-order valence-electron chi connectivity index (χ1n) is 5.70. The van der Waals surface area contributed by atoms with Crippen LogP contribution in [0.5, 0.6) is 5.75 Å². The van der Waals surface area contributed by atoms with Crippen molar-refractivity contribution in [1.82, 2.24) is 4.98 Å². The van der Waals surface area contributed by atoms with E-state index in [1.54, 1.807) is 19.2 Å². The minimum absolute atomic E-state index is 0.229. The highest BCUT2D eigenvalue weighted by Gasteiger charge is 2.09. The molecule has 2 N–H and O–H groups in total. The number of nitrogens with two attached hydrogens (primary N) is 1. The molecule has 0 aliphatic rings. The number of hydrogen-bond acceptors (Lipinski definition) is 5. The molecule has 0 aliphatic carbocycles. The zero-order valence-corrected chi connectivity index (χ0v) is 10.8. The van der Waals surface area contributed by atoms with Crippen molar-refractivity contribution in [2.45, 2.75) is 0 Å². The Labute approximate surface area is 111 Å². The van der Waals surface area contributed by atoms with E-state index in [0.717, 1.165) is 11.4 Å². The molecule has 5 nitrogen and oxygen atoms in total. The number of anilines is 3. The first kappa shape index (κ1) is 12.7. The predicted octanol–water partition coefficient (Wildman–Crippen LogP) is 2.31. The minimum atomic E-state index is 0.229. The Kier molecular flexibility index (Phi) is 3.53. The summed E-state index contributed by atoms with van der Waals surface area (Å²) in [6.07, 6.45) is 0. The van der Waals surface area contributed by atoms with Gasteiger partial charge in [0.05, 0.1) is 12.8 Å². The van der Waals surface area contributed by atoms with E-state index in [1.165, 1.54) is 0 Å². The molecule has 1 aromatic carbocycles. The number of aromatic nitrogens is 1. The fourth-order valence-electron chi connectivity index (χ4n) is 1.69. The average Bonchev–Trinajstić information content (AvgIpc) is 2.47. The van der Waals surface area contributed by atoms with Gasteiger partial charge in [-0.2, -0.15) is 5.26 Å². The molecule has 1 aromatic heterocycles. The summed E-state index contributed by atoms with van der Waals surface area (Å²) in [6.45, 7) is 0. The van der Waals surface area contributed by atoms with Crippen molar-refractivity contribution in [3.63, 3.8) is 0 Å². The van der Waals surface area contributed by atoms with E-state index in [1.807, 2.05) is 42.3 Å². The van der Waals surface area contributed by atoms with E-state index in [-0.39, 0.29) is 5.69 Å². The Morgan fingerprint density at radius 2 is 2.11 bits per heavy atom. The summed E-state index contributed by atoms with van der Waals surface area (Å²) in [5.74, 6) is 1.42. The van der Waals surface area contributed by atoms with Crippen LogP contribution in [0.25, 0.3) is 0 Å². The summed E-state index contributed by atoms with van der Waals surface area (Å²) in [5.41, 5.74) is 7.19. The molecule has 0 aliphatic heterocycles. The summed E-state index contributed by atoms with van der Waals surface area (Å²) in [4.78, 5) is 6.09. The third kappa shape index (κ3) is 2.58. The van der Waals surface area contributed by atoms with Crippen LogP contribution >= 0.6 is 0 Å². The van der Waals surface area contributed by atoms with Gasteiger partial charge in [-0.25, -0.2) is 4.98 Å². The molecule has 0 saturated carbocycles. The number of pyridine rings is 1. The van der Waals surface area contributed by atoms with Crippen LogP contribution < -0.4 is 15.4 Å². The Bertz CT molecular complexity index is 634. The molecular weight excluding hydrogens is 240 g/mol. The molecule has 1 heterocycles. The Hall–Kier alpha value is -2.74. The van der Waals surface area contributed by atoms with Crippen molar-refractivity contribution >= 4 is 17.2 Å². The molecule has 5 heteroatoms. The number of nitrogens with zero attached hydrogens (tertiary/aromatic N) is 3. The molecule has 19 heavy (non-hydrogen) atoms. The lowest BCUT2D eigenvalue weighted by Crippen LogP contribution is -2.12. The highest BCUT2D eigenvalue weighted by atomic mass is 16.5. The van der Waals surface area contributed by atoms with Gasteiger partial charge in [-0.1, -0.05) is 6.07 Å². The van der Waals surface area contributed by atoms with E-state index < -0.39 is 0 Å². The van der Waals surface area contributed by atoms with Crippen molar-refractivity contribution in [2.75, 3.05) is 24.8 Å². The summed E-state index contributed by atoms with van der Waals surface area (Å²) in [7, 11) is 3.49. The van der Waals surface area contributed by atoms with Crippen LogP contribution in [0.4, 0.5) is 17.2 Å². The zero-order valence-electron chi connectivity index (χ0n) is 10.8. The number of nitriles is 1. The van der Waals surface area contributed by atoms with Gasteiger partial charge in [-0.15, -0.1) is 0 Å². The normalized spacial score (nSPS) is 9.74. The third-order valence-electron chi connectivity index (χ3n) is 2.80. The Morgan fingerprint density at radius 3 is 2.79 bits per heavy atom. The van der Waals surface area contributed by atoms with Crippen molar-refractivity contribution in [3.05, 3.63) is 42.1 Å². The van der Waals surface area contributed by atoms with E-state index in [9.17, 15) is 0 Å². The molecule has 96 valence electrons. The van der Waals surface area contributed by atoms with Gasteiger partial charge in [-0.3, -0.25) is 0 Å². The second kappa shape index (κ2) is 5.27. The number of ether oxygens (including phenoxy) is 1. The maximum Gasteiger partial charge on any atom is 0.165 e. The van der Waals surface area contributed by atoms with Gasteiger partial charge < -0.3 is 15.4 Å². The monoisotopic (exact) mass is 254 g/mol. The fourth-order valence-corrected chi connectivity index (χ4v) is 1.69. The van der Waals surface area contributed by atoms with Crippen molar-refractivity contribution in [3.8, 4) is 11.8 Å². The van der Waals surface area contributed by atoms with Crippen molar-refractivity contribution in [1.29, 1.82) is 5.26 Å². The molecule has 0 fully saturated rings. The molecule has 2 aromatic rings. The van der Waals surface area contributed by atoms with Crippen LogP contribution in [0.2, 0.25) is 0 Å². The van der Waals surface area contributed by atoms with Crippen LogP contribution in [-0.2, 0) is 0 Å². The molecule has 0 atom stereocenters. The number of benzene rings is 1. The van der Waals surface area contributed by atoms with Crippen LogP contribution in [0.1, 0.15) is 5.69 Å². The van der Waals surface area contributed by atoms with Gasteiger partial charge in [0.1, 0.15) is 17.6 Å². The van der Waals surface area contributed by atoms with Crippen LogP contribution in [0.15, 0.2) is 36.4 Å². The molecule has 0 unspecified atom stereocenters. The first-order valence-corrected chi connectivity index (χ1v) is 5.70. The molecule has 0 saturated heterocycles. The van der Waals surface area contributed by atoms with Gasteiger partial charge in [0, 0.05) is 18.8 Å². The average molecular weight is 254 g/mol. The smallest absolute Gasteiger partial charge is 0.165 e. The van der Waals surface area contributed by atoms with E-state index >= 15 is 0 Å². The van der Waals surface area contributed by atoms with E-state index in [0.29, 0.717) is 11.5 Å². The quantitative estimate of drug-likeness (QED) is 0.909. The standard InChI is InChI=1S/C14H14N4O/c1-18(10-4-3-5-11(8-10)19-2)14-7-6-12(16)13(9-15)17-14/h3-8H,16H2,1-2H3. The topological polar surface area (TPSA) is 75.2 Å². The first-order chi connectivity index (χ1) is 9.15. The van der Waals surface area contributed by atoms with E-state index in [4.69, 9.17) is 15.7 Å². The molecule has 0 amide bonds. The van der Waals surface area contributed by atoms with Gasteiger partial charge in [0.2, 0.25) is 0 Å².